The molecule has 4 rings (SSSR count). The number of nitrogens with zero attached hydrogens (tertiary/aromatic N) is 1. The summed E-state index contributed by atoms with van der Waals surface area (Å²) in [4.78, 5) is 12.9. The van der Waals surface area contributed by atoms with Gasteiger partial charge in [-0.2, -0.15) is 0 Å². The van der Waals surface area contributed by atoms with E-state index in [1.807, 2.05) is 43.3 Å². The van der Waals surface area contributed by atoms with Crippen LogP contribution < -0.4 is 5.32 Å². The van der Waals surface area contributed by atoms with Gasteiger partial charge >= 0.3 is 0 Å². The van der Waals surface area contributed by atoms with Crippen LogP contribution in [0.4, 0.5) is 0 Å². The van der Waals surface area contributed by atoms with Gasteiger partial charge in [-0.1, -0.05) is 59.6 Å². The second-order valence-corrected chi connectivity index (χ2v) is 9.71. The summed E-state index contributed by atoms with van der Waals surface area (Å²) in [5.41, 5.74) is 2.84. The van der Waals surface area contributed by atoms with Crippen LogP contribution >= 0.6 is 11.6 Å². The molecule has 158 valence electrons. The third kappa shape index (κ3) is 4.50. The number of benzene rings is 3. The molecule has 1 aromatic heterocycles. The molecule has 4 aromatic rings. The maximum Gasteiger partial charge on any atom is 0.240 e. The van der Waals surface area contributed by atoms with Crippen LogP contribution in [0.5, 0.6) is 0 Å². The fourth-order valence-electron chi connectivity index (χ4n) is 3.42. The summed E-state index contributed by atoms with van der Waals surface area (Å²) in [5, 5.41) is 3.93. The van der Waals surface area contributed by atoms with Crippen LogP contribution in [-0.2, 0) is 27.7 Å². The average Bonchev–Trinajstić information content (AvgIpc) is 3.13. The summed E-state index contributed by atoms with van der Waals surface area (Å²) < 4.78 is 28.1. The van der Waals surface area contributed by atoms with Gasteiger partial charge in [0.1, 0.15) is 6.54 Å². The standard InChI is InChI=1S/C24H21ClN2O3S/c1-17-6-8-18(9-7-17)14-26-24(28)16-27-15-23(21-4-2-3-5-22(21)27)31(29,30)20-12-10-19(25)11-13-20/h2-13,15H,14,16H2,1H3,(H,26,28). The second-order valence-electron chi connectivity index (χ2n) is 7.36. The number of aromatic nitrogens is 1. The topological polar surface area (TPSA) is 68.2 Å². The summed E-state index contributed by atoms with van der Waals surface area (Å²) in [6.07, 6.45) is 1.53. The van der Waals surface area contributed by atoms with E-state index in [1.165, 1.54) is 18.3 Å². The van der Waals surface area contributed by atoms with Gasteiger partial charge in [-0.15, -0.1) is 0 Å². The van der Waals surface area contributed by atoms with Gasteiger partial charge < -0.3 is 9.88 Å². The molecule has 0 spiro atoms. The molecule has 0 fully saturated rings. The Hall–Kier alpha value is -3.09. The molecule has 0 radical (unpaired) electrons. The molecular formula is C24H21ClN2O3S. The molecule has 3 aromatic carbocycles. The van der Waals surface area contributed by atoms with Crippen molar-refractivity contribution in [2.24, 2.45) is 0 Å². The van der Waals surface area contributed by atoms with Gasteiger partial charge in [-0.3, -0.25) is 4.79 Å². The molecule has 0 unspecified atom stereocenters. The van der Waals surface area contributed by atoms with Gasteiger partial charge in [0.05, 0.1) is 9.79 Å². The van der Waals surface area contributed by atoms with E-state index in [0.29, 0.717) is 22.5 Å². The third-order valence-corrected chi connectivity index (χ3v) is 7.14. The minimum Gasteiger partial charge on any atom is -0.350 e. The highest BCUT2D eigenvalue weighted by Crippen LogP contribution is 2.30. The van der Waals surface area contributed by atoms with Crippen molar-refractivity contribution in [3.8, 4) is 0 Å². The molecule has 0 aliphatic rings. The Labute approximate surface area is 186 Å². The number of fused-ring (bicyclic) bond motifs is 1. The van der Waals surface area contributed by atoms with Crippen LogP contribution in [-0.4, -0.2) is 18.9 Å². The Morgan fingerprint density at radius 1 is 0.968 bits per heavy atom. The zero-order chi connectivity index (χ0) is 22.0. The molecule has 0 saturated carbocycles. The minimum absolute atomic E-state index is 0.0164. The van der Waals surface area contributed by atoms with Gasteiger partial charge in [-0.25, -0.2) is 8.42 Å². The van der Waals surface area contributed by atoms with Crippen LogP contribution in [0.2, 0.25) is 5.02 Å². The van der Waals surface area contributed by atoms with Crippen molar-refractivity contribution in [3.63, 3.8) is 0 Å². The van der Waals surface area contributed by atoms with E-state index in [-0.39, 0.29) is 22.2 Å². The average molecular weight is 453 g/mol. The van der Waals surface area contributed by atoms with Gasteiger partial charge in [0.25, 0.3) is 0 Å². The van der Waals surface area contributed by atoms with Crippen molar-refractivity contribution in [2.75, 3.05) is 0 Å². The van der Waals surface area contributed by atoms with E-state index in [1.54, 1.807) is 28.8 Å². The van der Waals surface area contributed by atoms with Crippen LogP contribution in [0.25, 0.3) is 10.9 Å². The van der Waals surface area contributed by atoms with Gasteiger partial charge in [0, 0.05) is 28.7 Å². The number of amides is 1. The first-order valence-corrected chi connectivity index (χ1v) is 11.6. The number of carbonyl (C=O) groups excluding carboxylic acids is 1. The molecule has 1 amide bonds. The summed E-state index contributed by atoms with van der Waals surface area (Å²) >= 11 is 5.90. The zero-order valence-corrected chi connectivity index (χ0v) is 18.5. The van der Waals surface area contributed by atoms with Crippen molar-refractivity contribution < 1.29 is 13.2 Å². The lowest BCUT2D eigenvalue weighted by atomic mass is 10.1. The number of nitrogens with one attached hydrogen (secondary N) is 1. The Balaban J connectivity index is 1.61. The predicted molar refractivity (Wildman–Crippen MR) is 122 cm³/mol. The molecule has 7 heteroatoms. The lowest BCUT2D eigenvalue weighted by molar-refractivity contribution is -0.121. The molecule has 0 aliphatic heterocycles. The van der Waals surface area contributed by atoms with Crippen LogP contribution in [0.1, 0.15) is 11.1 Å². The lowest BCUT2D eigenvalue weighted by Crippen LogP contribution is -2.26. The van der Waals surface area contributed by atoms with E-state index in [2.05, 4.69) is 5.32 Å². The van der Waals surface area contributed by atoms with Crippen molar-refractivity contribution in [2.45, 2.75) is 29.8 Å². The molecule has 0 aliphatic carbocycles. The molecule has 0 atom stereocenters. The van der Waals surface area contributed by atoms with Crippen LogP contribution in [0.15, 0.2) is 88.8 Å². The Bertz CT molecular complexity index is 1340. The fourth-order valence-corrected chi connectivity index (χ4v) is 5.02. The maximum absolute atomic E-state index is 13.2. The smallest absolute Gasteiger partial charge is 0.240 e. The van der Waals surface area contributed by atoms with Crippen LogP contribution in [0.3, 0.4) is 0 Å². The first kappa shape index (κ1) is 21.2. The van der Waals surface area contributed by atoms with Gasteiger partial charge in [-0.05, 0) is 42.8 Å². The quantitative estimate of drug-likeness (QED) is 0.459. The number of halogens is 1. The largest absolute Gasteiger partial charge is 0.350 e. The molecule has 31 heavy (non-hydrogen) atoms. The molecule has 0 saturated heterocycles. The minimum atomic E-state index is -3.77. The number of carbonyl (C=O) groups is 1. The Kier molecular flexibility index (Phi) is 5.85. The number of rotatable bonds is 6. The first-order chi connectivity index (χ1) is 14.8. The summed E-state index contributed by atoms with van der Waals surface area (Å²) in [5.74, 6) is -0.197. The number of para-hydroxylation sites is 1. The molecule has 0 bridgehead atoms. The zero-order valence-electron chi connectivity index (χ0n) is 16.9. The first-order valence-electron chi connectivity index (χ1n) is 9.75. The number of aryl methyl sites for hydroxylation is 1. The summed E-state index contributed by atoms with van der Waals surface area (Å²) in [6.45, 7) is 2.44. The SMILES string of the molecule is Cc1ccc(CNC(=O)Cn2cc(S(=O)(=O)c3ccc(Cl)cc3)c3ccccc32)cc1. The second kappa shape index (κ2) is 8.57. The van der Waals surface area contributed by atoms with E-state index in [0.717, 1.165) is 11.1 Å². The fraction of sp³-hybridized carbons (Fsp3) is 0.125. The highest BCUT2D eigenvalue weighted by Gasteiger charge is 2.23. The van der Waals surface area contributed by atoms with E-state index < -0.39 is 9.84 Å². The van der Waals surface area contributed by atoms with E-state index in [9.17, 15) is 13.2 Å². The molecule has 5 nitrogen and oxygen atoms in total. The maximum atomic E-state index is 13.2. The lowest BCUT2D eigenvalue weighted by Gasteiger charge is -2.08. The Morgan fingerprint density at radius 2 is 1.65 bits per heavy atom. The van der Waals surface area contributed by atoms with Crippen molar-refractivity contribution >= 4 is 38.2 Å². The molecule has 1 heterocycles. The molecular weight excluding hydrogens is 432 g/mol. The third-order valence-electron chi connectivity index (χ3n) is 5.09. The Morgan fingerprint density at radius 3 is 2.35 bits per heavy atom. The summed E-state index contributed by atoms with van der Waals surface area (Å²) in [7, 11) is -3.77. The van der Waals surface area contributed by atoms with Gasteiger partial charge in [0.15, 0.2) is 0 Å². The highest BCUT2D eigenvalue weighted by molar-refractivity contribution is 7.91. The van der Waals surface area contributed by atoms with Crippen LogP contribution in [0, 0.1) is 6.92 Å². The van der Waals surface area contributed by atoms with Gasteiger partial charge in [0.2, 0.25) is 15.7 Å². The van der Waals surface area contributed by atoms with Crippen molar-refractivity contribution in [3.05, 3.63) is 95.1 Å². The van der Waals surface area contributed by atoms with E-state index >= 15 is 0 Å². The monoisotopic (exact) mass is 452 g/mol. The molecule has 1 N–H and O–H groups in total. The highest BCUT2D eigenvalue weighted by atomic mass is 35.5. The summed E-state index contributed by atoms with van der Waals surface area (Å²) in [6, 6.07) is 21.2. The van der Waals surface area contributed by atoms with Crippen molar-refractivity contribution in [1.29, 1.82) is 0 Å². The number of hydrogen-bond donors (Lipinski definition) is 1. The number of hydrogen-bond acceptors (Lipinski definition) is 3. The van der Waals surface area contributed by atoms with Crippen molar-refractivity contribution in [1.82, 2.24) is 9.88 Å². The normalized spacial score (nSPS) is 11.5. The van der Waals surface area contributed by atoms with E-state index in [4.69, 9.17) is 11.6 Å². The predicted octanol–water partition coefficient (Wildman–Crippen LogP) is 4.75. The number of sulfone groups is 1.